The molecule has 3 heterocycles. The van der Waals surface area contributed by atoms with Crippen molar-refractivity contribution in [2.75, 3.05) is 44.7 Å². The maximum Gasteiger partial charge on any atom is 0.333 e. The maximum absolute atomic E-state index is 13.7. The number of likely N-dealkylation sites (tertiary alicyclic amines) is 1. The molecule has 2 aromatic rings. The molecule has 11 nitrogen and oxygen atoms in total. The van der Waals surface area contributed by atoms with Crippen molar-refractivity contribution < 1.29 is 19.1 Å². The Bertz CT molecular complexity index is 1230. The molecule has 2 aliphatic carbocycles. The second-order valence-electron chi connectivity index (χ2n) is 10.8. The first kappa shape index (κ1) is 25.0. The SMILES string of the molecule is NC1CCCC(C(=O)N2CCC(c3n[nH]c4c3C(=O)c3c(NC(=O)NN5CCOCC5)cccc3-4)CC2)C1. The third-order valence-corrected chi connectivity index (χ3v) is 8.36. The molecule has 0 bridgehead atoms. The molecule has 11 heteroatoms. The molecule has 38 heavy (non-hydrogen) atoms. The van der Waals surface area contributed by atoms with Gasteiger partial charge >= 0.3 is 6.03 Å². The smallest absolute Gasteiger partial charge is 0.333 e. The summed E-state index contributed by atoms with van der Waals surface area (Å²) in [7, 11) is 0. The topological polar surface area (TPSA) is 146 Å². The number of ether oxygens (including phenoxy) is 1. The lowest BCUT2D eigenvalue weighted by molar-refractivity contribution is -0.137. The number of fused-ring (bicyclic) bond motifs is 3. The van der Waals surface area contributed by atoms with Crippen molar-refractivity contribution in [2.45, 2.75) is 50.5 Å². The highest BCUT2D eigenvalue weighted by atomic mass is 16.5. The Morgan fingerprint density at radius 3 is 2.61 bits per heavy atom. The summed E-state index contributed by atoms with van der Waals surface area (Å²) >= 11 is 0. The Balaban J connectivity index is 1.14. The number of rotatable bonds is 4. The van der Waals surface area contributed by atoms with Gasteiger partial charge in [-0.1, -0.05) is 18.6 Å². The largest absolute Gasteiger partial charge is 0.379 e. The van der Waals surface area contributed by atoms with Gasteiger partial charge in [0.05, 0.1) is 41.4 Å². The monoisotopic (exact) mass is 521 g/mol. The summed E-state index contributed by atoms with van der Waals surface area (Å²) in [4.78, 5) is 41.4. The molecule has 6 rings (SSSR count). The molecule has 3 fully saturated rings. The number of urea groups is 1. The summed E-state index contributed by atoms with van der Waals surface area (Å²) in [6.45, 7) is 3.66. The molecule has 2 unspecified atom stereocenters. The first-order valence-corrected chi connectivity index (χ1v) is 13.7. The number of amides is 3. The molecule has 3 amide bonds. The fourth-order valence-corrected chi connectivity index (χ4v) is 6.36. The van der Waals surface area contributed by atoms with Crippen molar-refractivity contribution in [3.05, 3.63) is 35.0 Å². The molecule has 2 aliphatic heterocycles. The van der Waals surface area contributed by atoms with Gasteiger partial charge in [0.25, 0.3) is 0 Å². The number of nitrogens with zero attached hydrogens (tertiary/aromatic N) is 3. The van der Waals surface area contributed by atoms with E-state index in [9.17, 15) is 14.4 Å². The molecule has 2 atom stereocenters. The normalized spacial score (nSPS) is 24.1. The summed E-state index contributed by atoms with van der Waals surface area (Å²) in [6, 6.07) is 5.18. The van der Waals surface area contributed by atoms with Gasteiger partial charge in [0.1, 0.15) is 0 Å². The van der Waals surface area contributed by atoms with Gasteiger partial charge in [0.2, 0.25) is 5.91 Å². The van der Waals surface area contributed by atoms with Crippen LogP contribution in [-0.2, 0) is 9.53 Å². The number of H-pyrrole nitrogens is 1. The number of hydrogen-bond acceptors (Lipinski definition) is 7. The van der Waals surface area contributed by atoms with Crippen molar-refractivity contribution >= 4 is 23.4 Å². The molecule has 1 saturated carbocycles. The van der Waals surface area contributed by atoms with Gasteiger partial charge in [0.15, 0.2) is 5.78 Å². The molecule has 2 saturated heterocycles. The van der Waals surface area contributed by atoms with E-state index in [0.29, 0.717) is 61.9 Å². The first-order valence-electron chi connectivity index (χ1n) is 13.7. The van der Waals surface area contributed by atoms with E-state index in [1.54, 1.807) is 11.1 Å². The molecule has 5 N–H and O–H groups in total. The second kappa shape index (κ2) is 10.5. The first-order chi connectivity index (χ1) is 18.5. The average Bonchev–Trinajstić information content (AvgIpc) is 3.49. The number of nitrogens with two attached hydrogens (primary N) is 1. The van der Waals surface area contributed by atoms with Crippen LogP contribution in [-0.4, -0.2) is 83.3 Å². The summed E-state index contributed by atoms with van der Waals surface area (Å²) in [6.07, 6.45) is 5.24. The van der Waals surface area contributed by atoms with Crippen molar-refractivity contribution in [3.8, 4) is 11.3 Å². The van der Waals surface area contributed by atoms with Crippen LogP contribution in [0, 0.1) is 5.92 Å². The van der Waals surface area contributed by atoms with Crippen LogP contribution in [0.15, 0.2) is 18.2 Å². The summed E-state index contributed by atoms with van der Waals surface area (Å²) in [5, 5.41) is 12.3. The number of anilines is 1. The van der Waals surface area contributed by atoms with E-state index in [1.807, 2.05) is 17.0 Å². The third-order valence-electron chi connectivity index (χ3n) is 8.36. The second-order valence-corrected chi connectivity index (χ2v) is 10.8. The number of nitrogens with one attached hydrogen (secondary N) is 3. The van der Waals surface area contributed by atoms with Crippen LogP contribution >= 0.6 is 0 Å². The quantitative estimate of drug-likeness (QED) is 0.412. The number of ketones is 1. The van der Waals surface area contributed by atoms with Crippen LogP contribution in [0.4, 0.5) is 10.5 Å². The predicted molar refractivity (Wildman–Crippen MR) is 140 cm³/mol. The van der Waals surface area contributed by atoms with Gasteiger partial charge in [0, 0.05) is 49.6 Å². The fraction of sp³-hybridized carbons (Fsp3) is 0.556. The van der Waals surface area contributed by atoms with Crippen LogP contribution in [0.1, 0.15) is 66.1 Å². The van der Waals surface area contributed by atoms with E-state index in [-0.39, 0.29) is 29.6 Å². The molecule has 202 valence electrons. The zero-order valence-electron chi connectivity index (χ0n) is 21.5. The number of carbonyl (C=O) groups is 3. The van der Waals surface area contributed by atoms with Crippen LogP contribution < -0.4 is 16.5 Å². The van der Waals surface area contributed by atoms with Gasteiger partial charge < -0.3 is 20.7 Å². The average molecular weight is 522 g/mol. The van der Waals surface area contributed by atoms with Crippen LogP contribution in [0.2, 0.25) is 0 Å². The molecule has 1 aromatic carbocycles. The van der Waals surface area contributed by atoms with E-state index in [1.165, 1.54) is 0 Å². The highest BCUT2D eigenvalue weighted by Gasteiger charge is 2.38. The molecule has 0 spiro atoms. The molecular weight excluding hydrogens is 486 g/mol. The van der Waals surface area contributed by atoms with E-state index < -0.39 is 6.03 Å². The van der Waals surface area contributed by atoms with Crippen molar-refractivity contribution in [3.63, 3.8) is 0 Å². The number of carbonyl (C=O) groups excluding carboxylic acids is 3. The number of hydrazine groups is 1. The van der Waals surface area contributed by atoms with Gasteiger partial charge in [-0.25, -0.2) is 9.80 Å². The van der Waals surface area contributed by atoms with Crippen LogP contribution in [0.3, 0.4) is 0 Å². The number of aromatic nitrogens is 2. The van der Waals surface area contributed by atoms with E-state index in [2.05, 4.69) is 20.9 Å². The lowest BCUT2D eigenvalue weighted by Gasteiger charge is -2.36. The van der Waals surface area contributed by atoms with Gasteiger partial charge in [-0.2, -0.15) is 5.10 Å². The Kier molecular flexibility index (Phi) is 6.89. The molecule has 4 aliphatic rings. The minimum atomic E-state index is -0.391. The standard InChI is InChI=1S/C27H35N7O4/c28-18-4-1-3-17(15-18)26(36)33-9-7-16(8-10-33)23-22-24(31-30-23)19-5-2-6-20(21(19)25(22)35)29-27(37)32-34-11-13-38-14-12-34/h2,5-6,16-18H,1,3-4,7-15,28H2,(H,30,31)(H2,29,32,37). The van der Waals surface area contributed by atoms with Crippen molar-refractivity contribution in [2.24, 2.45) is 11.7 Å². The minimum absolute atomic E-state index is 0.0346. The Labute approximate surface area is 221 Å². The van der Waals surface area contributed by atoms with E-state index >= 15 is 0 Å². The number of benzene rings is 1. The molecule has 1 aromatic heterocycles. The minimum Gasteiger partial charge on any atom is -0.379 e. The van der Waals surface area contributed by atoms with Gasteiger partial charge in [-0.15, -0.1) is 0 Å². The number of aromatic amines is 1. The number of morpholine rings is 1. The zero-order valence-corrected chi connectivity index (χ0v) is 21.5. The maximum atomic E-state index is 13.7. The van der Waals surface area contributed by atoms with Crippen molar-refractivity contribution in [1.29, 1.82) is 0 Å². The summed E-state index contributed by atoms with van der Waals surface area (Å²) in [5.74, 6) is 0.218. The van der Waals surface area contributed by atoms with E-state index in [4.69, 9.17) is 10.5 Å². The summed E-state index contributed by atoms with van der Waals surface area (Å²) < 4.78 is 5.32. The lowest BCUT2D eigenvalue weighted by atomic mass is 9.84. The van der Waals surface area contributed by atoms with Gasteiger partial charge in [-0.3, -0.25) is 20.1 Å². The van der Waals surface area contributed by atoms with Crippen LogP contribution in [0.5, 0.6) is 0 Å². The van der Waals surface area contributed by atoms with Crippen LogP contribution in [0.25, 0.3) is 11.3 Å². The highest BCUT2D eigenvalue weighted by molar-refractivity contribution is 6.25. The summed E-state index contributed by atoms with van der Waals surface area (Å²) in [5.41, 5.74) is 12.7. The highest BCUT2D eigenvalue weighted by Crippen LogP contribution is 2.43. The molecular formula is C27H35N7O4. The Morgan fingerprint density at radius 2 is 1.84 bits per heavy atom. The fourth-order valence-electron chi connectivity index (χ4n) is 6.36. The Morgan fingerprint density at radius 1 is 1.05 bits per heavy atom. The predicted octanol–water partition coefficient (Wildman–Crippen LogP) is 2.21. The number of piperidine rings is 1. The third kappa shape index (κ3) is 4.70. The lowest BCUT2D eigenvalue weighted by Crippen LogP contribution is -2.49. The molecule has 0 radical (unpaired) electrons. The van der Waals surface area contributed by atoms with E-state index in [0.717, 1.165) is 49.8 Å². The van der Waals surface area contributed by atoms with Crippen molar-refractivity contribution in [1.82, 2.24) is 25.5 Å². The van der Waals surface area contributed by atoms with Gasteiger partial charge in [-0.05, 0) is 38.2 Å². The number of hydrogen-bond donors (Lipinski definition) is 4. The Hall–Kier alpha value is -3.28. The zero-order chi connectivity index (χ0) is 26.2.